The third-order valence-electron chi connectivity index (χ3n) is 3.98. The van der Waals surface area contributed by atoms with Crippen LogP contribution in [0.4, 0.5) is 0 Å². The van der Waals surface area contributed by atoms with Gasteiger partial charge in [0.05, 0.1) is 11.5 Å². The lowest BCUT2D eigenvalue weighted by molar-refractivity contribution is 0.136. The van der Waals surface area contributed by atoms with Gasteiger partial charge < -0.3 is 10.2 Å². The quantitative estimate of drug-likeness (QED) is 0.745. The summed E-state index contributed by atoms with van der Waals surface area (Å²) in [5, 5.41) is 12.5. The van der Waals surface area contributed by atoms with Crippen molar-refractivity contribution in [3.05, 3.63) is 0 Å². The lowest BCUT2D eigenvalue weighted by Gasteiger charge is -2.38. The Kier molecular flexibility index (Phi) is 4.97. The molecule has 1 N–H and O–H groups in total. The van der Waals surface area contributed by atoms with Gasteiger partial charge in [0.25, 0.3) is 0 Å². The minimum atomic E-state index is -0.194. The minimum Gasteiger partial charge on any atom is -0.316 e. The molecule has 0 aromatic heterocycles. The first-order valence-electron chi connectivity index (χ1n) is 6.67. The number of nitriles is 1. The van der Waals surface area contributed by atoms with E-state index in [0.29, 0.717) is 5.41 Å². The zero-order valence-electron chi connectivity index (χ0n) is 11.8. The molecule has 3 heteroatoms. The van der Waals surface area contributed by atoms with Crippen LogP contribution in [0.2, 0.25) is 0 Å². The van der Waals surface area contributed by atoms with E-state index in [-0.39, 0.29) is 5.41 Å². The third kappa shape index (κ3) is 5.06. The minimum absolute atomic E-state index is 0.194. The SMILES string of the molecule is CN1CCC(C)(CNCCC(C)(C)C#N)CC1. The van der Waals surface area contributed by atoms with Gasteiger partial charge in [-0.3, -0.25) is 0 Å². The van der Waals surface area contributed by atoms with E-state index < -0.39 is 0 Å². The molecule has 1 fully saturated rings. The van der Waals surface area contributed by atoms with Gasteiger partial charge in [-0.25, -0.2) is 0 Å². The van der Waals surface area contributed by atoms with Crippen molar-refractivity contribution < 1.29 is 0 Å². The number of hydrogen-bond donors (Lipinski definition) is 1. The standard InChI is InChI=1S/C14H27N3/c1-13(2,11-15)5-8-16-12-14(3)6-9-17(4)10-7-14/h16H,5-10,12H2,1-4H3. The molecule has 0 unspecified atom stereocenters. The Labute approximate surface area is 106 Å². The van der Waals surface area contributed by atoms with E-state index in [2.05, 4.69) is 30.3 Å². The number of likely N-dealkylation sites (tertiary alicyclic amines) is 1. The predicted molar refractivity (Wildman–Crippen MR) is 71.7 cm³/mol. The summed E-state index contributed by atoms with van der Waals surface area (Å²) in [6, 6.07) is 2.35. The van der Waals surface area contributed by atoms with Gasteiger partial charge in [-0.1, -0.05) is 6.92 Å². The molecule has 17 heavy (non-hydrogen) atoms. The molecule has 1 saturated heterocycles. The molecule has 0 aliphatic carbocycles. The Hall–Kier alpha value is -0.590. The molecule has 0 saturated carbocycles. The fraction of sp³-hybridized carbons (Fsp3) is 0.929. The summed E-state index contributed by atoms with van der Waals surface area (Å²) < 4.78 is 0. The molecule has 0 radical (unpaired) electrons. The van der Waals surface area contributed by atoms with Crippen LogP contribution >= 0.6 is 0 Å². The average molecular weight is 237 g/mol. The van der Waals surface area contributed by atoms with Crippen LogP contribution in [0.15, 0.2) is 0 Å². The van der Waals surface area contributed by atoms with Gasteiger partial charge in [-0.2, -0.15) is 5.26 Å². The smallest absolute Gasteiger partial charge is 0.0684 e. The van der Waals surface area contributed by atoms with Crippen molar-refractivity contribution in [1.82, 2.24) is 10.2 Å². The summed E-state index contributed by atoms with van der Waals surface area (Å²) in [7, 11) is 2.20. The largest absolute Gasteiger partial charge is 0.316 e. The summed E-state index contributed by atoms with van der Waals surface area (Å²) >= 11 is 0. The van der Waals surface area contributed by atoms with Gasteiger partial charge in [-0.15, -0.1) is 0 Å². The molecule has 0 atom stereocenters. The molecule has 1 rings (SSSR count). The second-order valence-corrected chi connectivity index (χ2v) is 6.54. The summed E-state index contributed by atoms with van der Waals surface area (Å²) in [6.07, 6.45) is 3.48. The first kappa shape index (κ1) is 14.5. The number of rotatable bonds is 5. The Morgan fingerprint density at radius 2 is 1.94 bits per heavy atom. The van der Waals surface area contributed by atoms with Gasteiger partial charge in [-0.05, 0) is 65.2 Å². The van der Waals surface area contributed by atoms with Crippen LogP contribution in [-0.2, 0) is 0 Å². The van der Waals surface area contributed by atoms with Crippen LogP contribution in [0.1, 0.15) is 40.0 Å². The van der Waals surface area contributed by atoms with Gasteiger partial charge in [0.15, 0.2) is 0 Å². The zero-order valence-corrected chi connectivity index (χ0v) is 11.8. The maximum atomic E-state index is 8.94. The second kappa shape index (κ2) is 5.84. The molecule has 0 bridgehead atoms. The van der Waals surface area contributed by atoms with Crippen LogP contribution in [0.5, 0.6) is 0 Å². The molecule has 0 aromatic carbocycles. The molecule has 0 aromatic rings. The highest BCUT2D eigenvalue weighted by Crippen LogP contribution is 2.29. The van der Waals surface area contributed by atoms with Gasteiger partial charge in [0.1, 0.15) is 0 Å². The summed E-state index contributed by atoms with van der Waals surface area (Å²) in [6.45, 7) is 10.8. The van der Waals surface area contributed by atoms with E-state index >= 15 is 0 Å². The number of hydrogen-bond acceptors (Lipinski definition) is 3. The molecule has 1 aliphatic rings. The van der Waals surface area contributed by atoms with E-state index in [1.54, 1.807) is 0 Å². The Morgan fingerprint density at radius 3 is 2.47 bits per heavy atom. The lowest BCUT2D eigenvalue weighted by atomic mass is 9.80. The predicted octanol–water partition coefficient (Wildman–Crippen LogP) is 2.25. The monoisotopic (exact) mass is 237 g/mol. The van der Waals surface area contributed by atoms with Crippen molar-refractivity contribution in [3.63, 3.8) is 0 Å². The Morgan fingerprint density at radius 1 is 1.35 bits per heavy atom. The van der Waals surface area contributed by atoms with Crippen molar-refractivity contribution in [1.29, 1.82) is 5.26 Å². The molecular weight excluding hydrogens is 210 g/mol. The highest BCUT2D eigenvalue weighted by atomic mass is 15.1. The van der Waals surface area contributed by atoms with Crippen LogP contribution in [0, 0.1) is 22.2 Å². The van der Waals surface area contributed by atoms with Crippen molar-refractivity contribution in [2.45, 2.75) is 40.0 Å². The van der Waals surface area contributed by atoms with Crippen LogP contribution in [0.25, 0.3) is 0 Å². The highest BCUT2D eigenvalue weighted by molar-refractivity contribution is 4.92. The molecule has 98 valence electrons. The van der Waals surface area contributed by atoms with Crippen molar-refractivity contribution in [2.75, 3.05) is 33.2 Å². The fourth-order valence-electron chi connectivity index (χ4n) is 2.18. The zero-order chi connectivity index (χ0) is 12.9. The van der Waals surface area contributed by atoms with Gasteiger partial charge in [0, 0.05) is 6.54 Å². The third-order valence-corrected chi connectivity index (χ3v) is 3.98. The Bertz CT molecular complexity index is 270. The van der Waals surface area contributed by atoms with Crippen molar-refractivity contribution >= 4 is 0 Å². The number of nitrogens with zero attached hydrogens (tertiary/aromatic N) is 2. The number of piperidine rings is 1. The van der Waals surface area contributed by atoms with Crippen LogP contribution in [0.3, 0.4) is 0 Å². The molecule has 3 nitrogen and oxygen atoms in total. The van der Waals surface area contributed by atoms with E-state index in [9.17, 15) is 0 Å². The molecule has 1 heterocycles. The van der Waals surface area contributed by atoms with Crippen molar-refractivity contribution in [2.24, 2.45) is 10.8 Å². The fourth-order valence-corrected chi connectivity index (χ4v) is 2.18. The molecule has 0 spiro atoms. The molecular formula is C14H27N3. The molecule has 0 amide bonds. The second-order valence-electron chi connectivity index (χ2n) is 6.54. The Balaban J connectivity index is 2.21. The number of nitrogens with one attached hydrogen (secondary N) is 1. The summed E-state index contributed by atoms with van der Waals surface area (Å²) in [4.78, 5) is 2.40. The first-order valence-corrected chi connectivity index (χ1v) is 6.67. The van der Waals surface area contributed by atoms with Gasteiger partial charge >= 0.3 is 0 Å². The van der Waals surface area contributed by atoms with Gasteiger partial charge in [0.2, 0.25) is 0 Å². The van der Waals surface area contributed by atoms with E-state index in [1.165, 1.54) is 25.9 Å². The summed E-state index contributed by atoms with van der Waals surface area (Å²) in [5.74, 6) is 0. The topological polar surface area (TPSA) is 39.1 Å². The maximum Gasteiger partial charge on any atom is 0.0684 e. The van der Waals surface area contributed by atoms with Crippen LogP contribution in [-0.4, -0.2) is 38.1 Å². The van der Waals surface area contributed by atoms with E-state index in [1.807, 2.05) is 13.8 Å². The average Bonchev–Trinajstić information content (AvgIpc) is 2.29. The maximum absolute atomic E-state index is 8.94. The lowest BCUT2D eigenvalue weighted by Crippen LogP contribution is -2.42. The first-order chi connectivity index (χ1) is 7.87. The normalized spacial score (nSPS) is 21.1. The molecule has 1 aliphatic heterocycles. The summed E-state index contributed by atoms with van der Waals surface area (Å²) in [5.41, 5.74) is 0.254. The van der Waals surface area contributed by atoms with E-state index in [4.69, 9.17) is 5.26 Å². The highest BCUT2D eigenvalue weighted by Gasteiger charge is 2.28. The van der Waals surface area contributed by atoms with E-state index in [0.717, 1.165) is 19.5 Å². The van der Waals surface area contributed by atoms with Crippen molar-refractivity contribution in [3.8, 4) is 6.07 Å². The van der Waals surface area contributed by atoms with Crippen LogP contribution < -0.4 is 5.32 Å².